The predicted octanol–water partition coefficient (Wildman–Crippen LogP) is 3.15. The third-order valence-corrected chi connectivity index (χ3v) is 3.59. The Kier molecular flexibility index (Phi) is 5.90. The minimum Gasteiger partial charge on any atom is -0.493 e. The Labute approximate surface area is 127 Å². The van der Waals surface area contributed by atoms with Gasteiger partial charge < -0.3 is 15.0 Å². The summed E-state index contributed by atoms with van der Waals surface area (Å²) in [7, 11) is 0. The Morgan fingerprint density at radius 1 is 1.19 bits per heavy atom. The summed E-state index contributed by atoms with van der Waals surface area (Å²) >= 11 is 0. The molecule has 0 saturated carbocycles. The van der Waals surface area contributed by atoms with Gasteiger partial charge >= 0.3 is 0 Å². The van der Waals surface area contributed by atoms with Crippen molar-refractivity contribution in [2.24, 2.45) is 5.92 Å². The summed E-state index contributed by atoms with van der Waals surface area (Å²) in [4.78, 5) is 14.0. The van der Waals surface area contributed by atoms with Crippen LogP contribution in [0.5, 0.6) is 5.75 Å². The summed E-state index contributed by atoms with van der Waals surface area (Å²) < 4.78 is 5.64. The van der Waals surface area contributed by atoms with Gasteiger partial charge in [0.05, 0.1) is 13.2 Å². The van der Waals surface area contributed by atoms with Gasteiger partial charge in [0, 0.05) is 18.8 Å². The van der Waals surface area contributed by atoms with Crippen molar-refractivity contribution in [1.82, 2.24) is 4.90 Å². The van der Waals surface area contributed by atoms with Crippen LogP contribution in [0.4, 0.5) is 5.69 Å². The molecule has 0 spiro atoms. The number of carbonyl (C=O) groups is 1. The lowest BCUT2D eigenvalue weighted by atomic mass is 10.1. The molecule has 1 aromatic carbocycles. The number of amides is 1. The highest BCUT2D eigenvalue weighted by atomic mass is 16.5. The number of benzene rings is 1. The molecule has 0 bridgehead atoms. The van der Waals surface area contributed by atoms with E-state index in [2.05, 4.69) is 19.2 Å². The lowest BCUT2D eigenvalue weighted by molar-refractivity contribution is -0.130. The van der Waals surface area contributed by atoms with Crippen LogP contribution in [0.25, 0.3) is 0 Å². The second-order valence-electron chi connectivity index (χ2n) is 6.02. The van der Waals surface area contributed by atoms with Crippen LogP contribution in [0.2, 0.25) is 0 Å². The first kappa shape index (κ1) is 15.7. The average molecular weight is 290 g/mol. The van der Waals surface area contributed by atoms with Gasteiger partial charge in [-0.25, -0.2) is 0 Å². The maximum absolute atomic E-state index is 12.1. The number of hydrogen-bond donors (Lipinski definition) is 1. The van der Waals surface area contributed by atoms with E-state index in [0.29, 0.717) is 12.5 Å². The first-order chi connectivity index (χ1) is 10.1. The highest BCUT2D eigenvalue weighted by Gasteiger charge is 2.15. The van der Waals surface area contributed by atoms with Crippen LogP contribution < -0.4 is 10.1 Å². The highest BCUT2D eigenvalue weighted by Crippen LogP contribution is 2.16. The molecule has 1 saturated heterocycles. The number of nitrogens with one attached hydrogen (secondary N) is 1. The summed E-state index contributed by atoms with van der Waals surface area (Å²) in [5.41, 5.74) is 0.956. The molecule has 1 fully saturated rings. The van der Waals surface area contributed by atoms with E-state index < -0.39 is 0 Å². The fourth-order valence-electron chi connectivity index (χ4n) is 2.36. The lowest BCUT2D eigenvalue weighted by Gasteiger charge is -2.26. The van der Waals surface area contributed by atoms with Crippen molar-refractivity contribution in [1.29, 1.82) is 0 Å². The van der Waals surface area contributed by atoms with Crippen LogP contribution in [-0.4, -0.2) is 37.0 Å². The Hall–Kier alpha value is -1.71. The zero-order chi connectivity index (χ0) is 15.1. The normalized spacial score (nSPS) is 15.1. The molecular formula is C17H26N2O2. The van der Waals surface area contributed by atoms with Gasteiger partial charge in [-0.1, -0.05) is 13.8 Å². The standard InChI is InChI=1S/C17H26N2O2/c1-14(2)13-21-16-8-6-15(7-9-16)18-12-17(20)19-10-4-3-5-11-19/h6-9,14,18H,3-5,10-13H2,1-2H3. The van der Waals surface area contributed by atoms with E-state index in [1.54, 1.807) is 0 Å². The molecule has 0 radical (unpaired) electrons. The fraction of sp³-hybridized carbons (Fsp3) is 0.588. The van der Waals surface area contributed by atoms with Crippen molar-refractivity contribution in [2.45, 2.75) is 33.1 Å². The summed E-state index contributed by atoms with van der Waals surface area (Å²) in [5, 5.41) is 3.19. The molecule has 0 unspecified atom stereocenters. The monoisotopic (exact) mass is 290 g/mol. The van der Waals surface area contributed by atoms with Crippen LogP contribution >= 0.6 is 0 Å². The molecule has 4 nitrogen and oxygen atoms in total. The van der Waals surface area contributed by atoms with Gasteiger partial charge in [-0.2, -0.15) is 0 Å². The number of rotatable bonds is 6. The van der Waals surface area contributed by atoms with Gasteiger partial charge in [0.2, 0.25) is 5.91 Å². The third-order valence-electron chi connectivity index (χ3n) is 3.59. The van der Waals surface area contributed by atoms with Crippen molar-refractivity contribution in [3.8, 4) is 5.75 Å². The van der Waals surface area contributed by atoms with Crippen LogP contribution in [0.3, 0.4) is 0 Å². The largest absolute Gasteiger partial charge is 0.493 e. The van der Waals surface area contributed by atoms with Gasteiger partial charge in [-0.3, -0.25) is 4.79 Å². The quantitative estimate of drug-likeness (QED) is 0.875. The molecule has 1 aliphatic heterocycles. The van der Waals surface area contributed by atoms with E-state index in [1.165, 1.54) is 6.42 Å². The van der Waals surface area contributed by atoms with Crippen molar-refractivity contribution >= 4 is 11.6 Å². The minimum atomic E-state index is 0.190. The lowest BCUT2D eigenvalue weighted by Crippen LogP contribution is -2.39. The Balaban J connectivity index is 1.76. The second kappa shape index (κ2) is 7.91. The molecular weight excluding hydrogens is 264 g/mol. The van der Waals surface area contributed by atoms with E-state index in [-0.39, 0.29) is 5.91 Å². The molecule has 1 heterocycles. The summed E-state index contributed by atoms with van der Waals surface area (Å²) in [6.07, 6.45) is 3.51. The summed E-state index contributed by atoms with van der Waals surface area (Å²) in [6, 6.07) is 7.80. The van der Waals surface area contributed by atoms with E-state index in [4.69, 9.17) is 4.74 Å². The van der Waals surface area contributed by atoms with Gasteiger partial charge in [0.1, 0.15) is 5.75 Å². The molecule has 1 amide bonds. The topological polar surface area (TPSA) is 41.6 Å². The van der Waals surface area contributed by atoms with Crippen LogP contribution in [0, 0.1) is 5.92 Å². The maximum Gasteiger partial charge on any atom is 0.241 e. The molecule has 1 N–H and O–H groups in total. The first-order valence-electron chi connectivity index (χ1n) is 7.89. The Bertz CT molecular complexity index is 437. The molecule has 0 atom stereocenters. The molecule has 116 valence electrons. The van der Waals surface area contributed by atoms with Crippen LogP contribution in [-0.2, 0) is 4.79 Å². The average Bonchev–Trinajstić information content (AvgIpc) is 2.52. The number of nitrogens with zero attached hydrogens (tertiary/aromatic N) is 1. The predicted molar refractivity (Wildman–Crippen MR) is 85.7 cm³/mol. The van der Waals surface area contributed by atoms with Crippen molar-refractivity contribution in [3.05, 3.63) is 24.3 Å². The Morgan fingerprint density at radius 2 is 1.86 bits per heavy atom. The molecule has 1 aromatic rings. The molecule has 0 aliphatic carbocycles. The molecule has 21 heavy (non-hydrogen) atoms. The van der Waals surface area contributed by atoms with E-state index in [1.807, 2.05) is 29.2 Å². The van der Waals surface area contributed by atoms with Crippen LogP contribution in [0.15, 0.2) is 24.3 Å². The van der Waals surface area contributed by atoms with Crippen molar-refractivity contribution < 1.29 is 9.53 Å². The van der Waals surface area contributed by atoms with Gasteiger partial charge in [-0.05, 0) is 49.4 Å². The SMILES string of the molecule is CC(C)COc1ccc(NCC(=O)N2CCCCC2)cc1. The van der Waals surface area contributed by atoms with E-state index in [0.717, 1.165) is 44.0 Å². The number of piperidine rings is 1. The van der Waals surface area contributed by atoms with Gasteiger partial charge in [0.15, 0.2) is 0 Å². The number of anilines is 1. The fourth-order valence-corrected chi connectivity index (χ4v) is 2.36. The molecule has 4 heteroatoms. The minimum absolute atomic E-state index is 0.190. The number of hydrogen-bond acceptors (Lipinski definition) is 3. The second-order valence-corrected chi connectivity index (χ2v) is 6.02. The molecule has 2 rings (SSSR count). The van der Waals surface area contributed by atoms with E-state index >= 15 is 0 Å². The third kappa shape index (κ3) is 5.29. The van der Waals surface area contributed by atoms with Crippen molar-refractivity contribution in [2.75, 3.05) is 31.6 Å². The number of carbonyl (C=O) groups excluding carboxylic acids is 1. The number of ether oxygens (including phenoxy) is 1. The summed E-state index contributed by atoms with van der Waals surface area (Å²) in [5.74, 6) is 1.58. The van der Waals surface area contributed by atoms with Crippen LogP contribution in [0.1, 0.15) is 33.1 Å². The number of likely N-dealkylation sites (tertiary alicyclic amines) is 1. The molecule has 0 aromatic heterocycles. The molecule has 1 aliphatic rings. The Morgan fingerprint density at radius 3 is 2.48 bits per heavy atom. The highest BCUT2D eigenvalue weighted by molar-refractivity contribution is 5.80. The smallest absolute Gasteiger partial charge is 0.241 e. The van der Waals surface area contributed by atoms with Gasteiger partial charge in [0.25, 0.3) is 0 Å². The van der Waals surface area contributed by atoms with Crippen molar-refractivity contribution in [3.63, 3.8) is 0 Å². The van der Waals surface area contributed by atoms with Gasteiger partial charge in [-0.15, -0.1) is 0 Å². The zero-order valence-electron chi connectivity index (χ0n) is 13.1. The maximum atomic E-state index is 12.1. The zero-order valence-corrected chi connectivity index (χ0v) is 13.1. The van der Waals surface area contributed by atoms with E-state index in [9.17, 15) is 4.79 Å². The first-order valence-corrected chi connectivity index (χ1v) is 7.89. The summed E-state index contributed by atoms with van der Waals surface area (Å²) in [6.45, 7) is 7.15.